The largest absolute Gasteiger partial charge is 0.360 e. The number of aromatic nitrogens is 3. The fourth-order valence-corrected chi connectivity index (χ4v) is 7.24. The summed E-state index contributed by atoms with van der Waals surface area (Å²) in [5.41, 5.74) is 6.94. The van der Waals surface area contributed by atoms with Crippen molar-refractivity contribution in [2.45, 2.75) is 103 Å². The fraction of sp³-hybridized carbons (Fsp3) is 0.581. The molecule has 8 nitrogen and oxygen atoms in total. The molecule has 214 valence electrons. The summed E-state index contributed by atoms with van der Waals surface area (Å²) in [5.74, 6) is -0.0209. The first-order chi connectivity index (χ1) is 19.1. The number of carbonyl (C=O) groups excluding carboxylic acids is 2. The number of hydrogen-bond acceptors (Lipinski definition) is 4. The minimum atomic E-state index is -1.13. The Bertz CT molecular complexity index is 1460. The Kier molecular flexibility index (Phi) is 6.93. The number of amides is 2. The van der Waals surface area contributed by atoms with Gasteiger partial charge in [-0.2, -0.15) is 5.10 Å². The molecule has 1 saturated carbocycles. The summed E-state index contributed by atoms with van der Waals surface area (Å²) in [4.78, 5) is 32.2. The molecular formula is C31H43N5O3Si. The topological polar surface area (TPSA) is 92.3 Å². The van der Waals surface area contributed by atoms with Crippen LogP contribution in [0.15, 0.2) is 18.3 Å². The molecule has 0 bridgehead atoms. The van der Waals surface area contributed by atoms with Crippen LogP contribution in [0.1, 0.15) is 62.6 Å². The molecule has 0 spiro atoms. The van der Waals surface area contributed by atoms with Crippen LogP contribution in [-0.2, 0) is 39.3 Å². The highest BCUT2D eigenvalue weighted by Crippen LogP contribution is 2.49. The number of H-pyrrole nitrogens is 1. The van der Waals surface area contributed by atoms with E-state index in [1.165, 1.54) is 11.1 Å². The smallest absolute Gasteiger partial charge is 0.240 e. The van der Waals surface area contributed by atoms with Crippen molar-refractivity contribution in [1.29, 1.82) is 0 Å². The molecule has 0 saturated heterocycles. The summed E-state index contributed by atoms with van der Waals surface area (Å²) in [6.07, 6.45) is 8.56. The first kappa shape index (κ1) is 27.3. The number of nitrogens with zero attached hydrogens (tertiary/aromatic N) is 3. The number of benzene rings is 1. The molecular weight excluding hydrogens is 518 g/mol. The Balaban J connectivity index is 1.36. The van der Waals surface area contributed by atoms with Gasteiger partial charge in [0, 0.05) is 43.5 Å². The Morgan fingerprint density at radius 2 is 1.98 bits per heavy atom. The maximum Gasteiger partial charge on any atom is 0.240 e. The van der Waals surface area contributed by atoms with Gasteiger partial charge < -0.3 is 19.9 Å². The van der Waals surface area contributed by atoms with E-state index in [-0.39, 0.29) is 24.4 Å². The third-order valence-corrected chi connectivity index (χ3v) is 10.8. The number of hydrogen-bond donors (Lipinski definition) is 2. The zero-order valence-corrected chi connectivity index (χ0v) is 25.7. The van der Waals surface area contributed by atoms with Gasteiger partial charge in [0.25, 0.3) is 0 Å². The van der Waals surface area contributed by atoms with Crippen molar-refractivity contribution in [3.05, 3.63) is 35.0 Å². The van der Waals surface area contributed by atoms with Crippen LogP contribution in [0.4, 0.5) is 5.69 Å². The monoisotopic (exact) mass is 561 g/mol. The Hall–Kier alpha value is -2.91. The first-order valence-electron chi connectivity index (χ1n) is 15.1. The average Bonchev–Trinajstić information content (AvgIpc) is 3.50. The van der Waals surface area contributed by atoms with Crippen LogP contribution < -0.4 is 10.2 Å². The number of rotatable bonds is 10. The number of ether oxygens (including phenoxy) is 1. The molecule has 2 aromatic heterocycles. The van der Waals surface area contributed by atoms with Crippen LogP contribution >= 0.6 is 0 Å². The van der Waals surface area contributed by atoms with Crippen molar-refractivity contribution in [3.63, 3.8) is 0 Å². The summed E-state index contributed by atoms with van der Waals surface area (Å²) >= 11 is 0. The molecule has 2 N–H and O–H groups in total. The van der Waals surface area contributed by atoms with Gasteiger partial charge in [-0.05, 0) is 79.8 Å². The first-order valence-corrected chi connectivity index (χ1v) is 18.8. The van der Waals surface area contributed by atoms with Gasteiger partial charge >= 0.3 is 0 Å². The molecule has 40 heavy (non-hydrogen) atoms. The minimum absolute atomic E-state index is 0.0485. The number of aryl methyl sites for hydroxylation is 2. The lowest BCUT2D eigenvalue weighted by molar-refractivity contribution is -0.126. The molecule has 3 aliphatic rings. The molecule has 0 radical (unpaired) electrons. The van der Waals surface area contributed by atoms with E-state index in [1.54, 1.807) is 4.90 Å². The molecule has 0 atom stereocenters. The Morgan fingerprint density at radius 1 is 1.20 bits per heavy atom. The lowest BCUT2D eigenvalue weighted by Crippen LogP contribution is -2.44. The second-order valence-electron chi connectivity index (χ2n) is 13.2. The quantitative estimate of drug-likeness (QED) is 0.252. The molecule has 9 heteroatoms. The molecule has 3 heterocycles. The van der Waals surface area contributed by atoms with Gasteiger partial charge in [0.15, 0.2) is 0 Å². The molecule has 3 aromatic rings. The van der Waals surface area contributed by atoms with Crippen LogP contribution in [0.2, 0.25) is 25.7 Å². The zero-order valence-electron chi connectivity index (χ0n) is 24.7. The summed E-state index contributed by atoms with van der Waals surface area (Å²) in [5, 5.41) is 9.17. The van der Waals surface area contributed by atoms with Gasteiger partial charge in [-0.15, -0.1) is 0 Å². The second kappa shape index (κ2) is 10.2. The van der Waals surface area contributed by atoms with E-state index in [4.69, 9.17) is 9.84 Å². The Morgan fingerprint density at radius 3 is 2.67 bits per heavy atom. The number of nitrogens with one attached hydrogen (secondary N) is 2. The zero-order chi connectivity index (χ0) is 28.2. The number of anilines is 1. The van der Waals surface area contributed by atoms with E-state index in [1.807, 2.05) is 4.68 Å². The summed E-state index contributed by atoms with van der Waals surface area (Å²) in [6, 6.07) is 5.76. The third kappa shape index (κ3) is 4.81. The van der Waals surface area contributed by atoms with Crippen LogP contribution in [-0.4, -0.2) is 53.8 Å². The molecule has 1 aliphatic heterocycles. The van der Waals surface area contributed by atoms with Crippen LogP contribution in [0.3, 0.4) is 0 Å². The van der Waals surface area contributed by atoms with Crippen molar-refractivity contribution in [2.75, 3.05) is 18.1 Å². The highest BCUT2D eigenvalue weighted by Gasteiger charge is 2.49. The van der Waals surface area contributed by atoms with Crippen molar-refractivity contribution in [3.8, 4) is 11.4 Å². The van der Waals surface area contributed by atoms with Gasteiger partial charge in [-0.3, -0.25) is 9.59 Å². The highest BCUT2D eigenvalue weighted by molar-refractivity contribution is 6.76. The van der Waals surface area contributed by atoms with Gasteiger partial charge in [-0.1, -0.05) is 33.5 Å². The lowest BCUT2D eigenvalue weighted by Gasteiger charge is -2.26. The van der Waals surface area contributed by atoms with Gasteiger partial charge in [0.05, 0.1) is 11.1 Å². The second-order valence-corrected chi connectivity index (χ2v) is 18.8. The number of carbonyl (C=O) groups is 2. The summed E-state index contributed by atoms with van der Waals surface area (Å²) in [6.45, 7) is 12.6. The van der Waals surface area contributed by atoms with Crippen LogP contribution in [0.25, 0.3) is 22.3 Å². The maximum absolute atomic E-state index is 13.9. The van der Waals surface area contributed by atoms with E-state index in [0.717, 1.165) is 78.3 Å². The van der Waals surface area contributed by atoms with E-state index in [9.17, 15) is 9.59 Å². The van der Waals surface area contributed by atoms with E-state index in [2.05, 4.69) is 62.1 Å². The van der Waals surface area contributed by atoms with Gasteiger partial charge in [0.2, 0.25) is 11.8 Å². The van der Waals surface area contributed by atoms with Crippen molar-refractivity contribution in [1.82, 2.24) is 20.1 Å². The standard InChI is InChI=1S/C31H43N5O3Si/c1-6-31(7-2)24-16-25-23(15-26(24)36(30(31)38)18-27(37)32-21-11-12-21)22-10-8-9-20-17-35(34-28(20)29(22)33-25)19-39-13-14-40(3,4)5/h15-17,21,33H,6-14,18-19H2,1-5H3,(H,32,37). The molecule has 1 aromatic carbocycles. The molecule has 2 amide bonds. The number of fused-ring (bicyclic) bond motifs is 6. The van der Waals surface area contributed by atoms with Crippen LogP contribution in [0.5, 0.6) is 0 Å². The predicted octanol–water partition coefficient (Wildman–Crippen LogP) is 5.52. The number of aromatic amines is 1. The van der Waals surface area contributed by atoms with E-state index in [0.29, 0.717) is 19.6 Å². The van der Waals surface area contributed by atoms with E-state index < -0.39 is 13.5 Å². The van der Waals surface area contributed by atoms with Crippen molar-refractivity contribution < 1.29 is 14.3 Å². The molecule has 6 rings (SSSR count). The predicted molar refractivity (Wildman–Crippen MR) is 161 cm³/mol. The maximum atomic E-state index is 13.9. The summed E-state index contributed by atoms with van der Waals surface area (Å²) in [7, 11) is -1.13. The molecule has 0 unspecified atom stereocenters. The van der Waals surface area contributed by atoms with Crippen molar-refractivity contribution >= 4 is 36.5 Å². The Labute approximate surface area is 237 Å². The van der Waals surface area contributed by atoms with Gasteiger partial charge in [-0.25, -0.2) is 4.68 Å². The van der Waals surface area contributed by atoms with E-state index >= 15 is 0 Å². The molecule has 2 aliphatic carbocycles. The fourth-order valence-electron chi connectivity index (χ4n) is 6.49. The summed E-state index contributed by atoms with van der Waals surface area (Å²) < 4.78 is 7.93. The lowest BCUT2D eigenvalue weighted by atomic mass is 9.76. The average molecular weight is 562 g/mol. The minimum Gasteiger partial charge on any atom is -0.360 e. The SMILES string of the molecule is CCC1(CC)C(=O)N(CC(=O)NC2CC2)c2cc3c4c([nH]c3cc21)-c1nn(COCC[Si](C)(C)C)cc1CCC4. The van der Waals surface area contributed by atoms with Crippen molar-refractivity contribution in [2.24, 2.45) is 0 Å². The molecule has 1 fully saturated rings. The highest BCUT2D eigenvalue weighted by atomic mass is 28.3. The van der Waals surface area contributed by atoms with Crippen LogP contribution in [0, 0.1) is 0 Å². The van der Waals surface area contributed by atoms with Gasteiger partial charge in [0.1, 0.15) is 19.0 Å². The third-order valence-electron chi connectivity index (χ3n) is 9.10. The normalized spacial score (nSPS) is 18.0.